The van der Waals surface area contributed by atoms with Gasteiger partial charge in [0, 0.05) is 55.5 Å². The van der Waals surface area contributed by atoms with Crippen LogP contribution in [-0.4, -0.2) is 44.0 Å². The molecule has 0 radical (unpaired) electrons. The van der Waals surface area contributed by atoms with Crippen LogP contribution in [0.5, 0.6) is 5.75 Å². The number of Topliss-reactive ketones (excluding diaryl/α,β-unsaturated/α-hetero) is 1. The van der Waals surface area contributed by atoms with Crippen molar-refractivity contribution in [1.29, 1.82) is 0 Å². The van der Waals surface area contributed by atoms with Gasteiger partial charge >= 0.3 is 5.69 Å². The number of ether oxygens (including phenoxy) is 1. The molecule has 0 bridgehead atoms. The summed E-state index contributed by atoms with van der Waals surface area (Å²) < 4.78 is 35.3. The predicted molar refractivity (Wildman–Crippen MR) is 108 cm³/mol. The monoisotopic (exact) mass is 429 g/mol. The maximum absolute atomic E-state index is 13.4. The third-order valence-electron chi connectivity index (χ3n) is 6.00. The molecular weight excluding hydrogens is 408 g/mol. The average molecular weight is 429 g/mol. The summed E-state index contributed by atoms with van der Waals surface area (Å²) in [5, 5.41) is 4.21. The topological polar surface area (TPSA) is 81.7 Å². The van der Waals surface area contributed by atoms with Crippen LogP contribution in [0.4, 0.5) is 20.3 Å². The van der Waals surface area contributed by atoms with E-state index < -0.39 is 11.8 Å². The second kappa shape index (κ2) is 7.14. The zero-order chi connectivity index (χ0) is 21.8. The first-order valence-electron chi connectivity index (χ1n) is 10.2. The van der Waals surface area contributed by atoms with Gasteiger partial charge in [0.2, 0.25) is 5.92 Å². The van der Waals surface area contributed by atoms with Gasteiger partial charge in [0.15, 0.2) is 23.0 Å². The van der Waals surface area contributed by atoms with E-state index in [1.54, 1.807) is 31.4 Å². The molecule has 10 heteroatoms. The smallest absolute Gasteiger partial charge is 0.350 e. The summed E-state index contributed by atoms with van der Waals surface area (Å²) in [6, 6.07) is 5.24. The molecule has 0 saturated heterocycles. The SMILES string of the molecule is Cn1nc2cc(N3CCOc4cc(C(=O)C5CCC(F)(F)CC5)cnc43)ccn2c1=O. The van der Waals surface area contributed by atoms with Crippen molar-refractivity contribution < 1.29 is 18.3 Å². The van der Waals surface area contributed by atoms with Gasteiger partial charge in [-0.05, 0) is 25.0 Å². The lowest BCUT2D eigenvalue weighted by Gasteiger charge is -2.31. The Morgan fingerprint density at radius 2 is 2.03 bits per heavy atom. The maximum Gasteiger partial charge on any atom is 0.350 e. The van der Waals surface area contributed by atoms with E-state index in [4.69, 9.17) is 4.74 Å². The summed E-state index contributed by atoms with van der Waals surface area (Å²) in [4.78, 5) is 31.3. The van der Waals surface area contributed by atoms with Crippen molar-refractivity contribution in [3.63, 3.8) is 0 Å². The first kappa shape index (κ1) is 19.7. The van der Waals surface area contributed by atoms with E-state index >= 15 is 0 Å². The fourth-order valence-corrected chi connectivity index (χ4v) is 4.26. The van der Waals surface area contributed by atoms with E-state index in [1.807, 2.05) is 4.90 Å². The number of carbonyl (C=O) groups is 1. The zero-order valence-electron chi connectivity index (χ0n) is 16.9. The molecule has 2 aliphatic rings. The van der Waals surface area contributed by atoms with Crippen molar-refractivity contribution in [1.82, 2.24) is 19.2 Å². The molecule has 1 aliphatic carbocycles. The molecule has 0 amide bonds. The minimum Gasteiger partial charge on any atom is -0.488 e. The third kappa shape index (κ3) is 3.45. The summed E-state index contributed by atoms with van der Waals surface area (Å²) in [7, 11) is 1.59. The van der Waals surface area contributed by atoms with Crippen molar-refractivity contribution >= 4 is 22.9 Å². The molecule has 31 heavy (non-hydrogen) atoms. The molecule has 8 nitrogen and oxygen atoms in total. The lowest BCUT2D eigenvalue weighted by molar-refractivity contribution is -0.0424. The molecule has 0 unspecified atom stereocenters. The van der Waals surface area contributed by atoms with Crippen LogP contribution in [0.1, 0.15) is 36.0 Å². The number of nitrogens with zero attached hydrogens (tertiary/aromatic N) is 5. The van der Waals surface area contributed by atoms with E-state index in [1.165, 1.54) is 15.3 Å². The molecule has 1 fully saturated rings. The number of aryl methyl sites for hydroxylation is 1. The number of hydrogen-bond acceptors (Lipinski definition) is 6. The summed E-state index contributed by atoms with van der Waals surface area (Å²) in [6.07, 6.45) is 2.99. The highest BCUT2D eigenvalue weighted by Crippen LogP contribution is 2.39. The Bertz CT molecular complexity index is 1230. The fourth-order valence-electron chi connectivity index (χ4n) is 4.26. The van der Waals surface area contributed by atoms with Crippen molar-refractivity contribution in [2.75, 3.05) is 18.1 Å². The van der Waals surface area contributed by atoms with Crippen molar-refractivity contribution in [2.45, 2.75) is 31.6 Å². The Balaban J connectivity index is 1.43. The van der Waals surface area contributed by atoms with Gasteiger partial charge in [-0.2, -0.15) is 5.10 Å². The summed E-state index contributed by atoms with van der Waals surface area (Å²) >= 11 is 0. The number of alkyl halides is 2. The number of ketones is 1. The molecule has 0 spiro atoms. The number of rotatable bonds is 3. The molecule has 1 saturated carbocycles. The lowest BCUT2D eigenvalue weighted by Crippen LogP contribution is -2.31. The molecule has 4 heterocycles. The van der Waals surface area contributed by atoms with Crippen LogP contribution in [0.3, 0.4) is 0 Å². The second-order valence-electron chi connectivity index (χ2n) is 8.06. The highest BCUT2D eigenvalue weighted by molar-refractivity contribution is 5.98. The van der Waals surface area contributed by atoms with E-state index in [0.29, 0.717) is 35.9 Å². The predicted octanol–water partition coefficient (Wildman–Crippen LogP) is 2.97. The zero-order valence-corrected chi connectivity index (χ0v) is 16.9. The Labute approximate surface area is 176 Å². The van der Waals surface area contributed by atoms with Crippen molar-refractivity contribution in [3.05, 3.63) is 46.6 Å². The standard InChI is InChI=1S/C21H21F2N5O3/c1-26-20(30)28-7-4-15(11-17(28)25-26)27-8-9-31-16-10-14(12-24-19(16)27)18(29)13-2-5-21(22,23)6-3-13/h4,7,10-13H,2-3,5-6,8-9H2,1H3. The second-order valence-corrected chi connectivity index (χ2v) is 8.06. The number of anilines is 2. The summed E-state index contributed by atoms with van der Waals surface area (Å²) in [5.41, 5.74) is 1.45. The van der Waals surface area contributed by atoms with Crippen LogP contribution in [0.15, 0.2) is 35.4 Å². The number of fused-ring (bicyclic) bond motifs is 2. The minimum absolute atomic E-state index is 0.166. The highest BCUT2D eigenvalue weighted by atomic mass is 19.3. The molecule has 3 aromatic rings. The van der Waals surface area contributed by atoms with E-state index in [2.05, 4.69) is 10.1 Å². The van der Waals surface area contributed by atoms with Gasteiger partial charge in [0.25, 0.3) is 0 Å². The molecule has 3 aromatic heterocycles. The van der Waals surface area contributed by atoms with Crippen LogP contribution >= 0.6 is 0 Å². The Morgan fingerprint density at radius 3 is 2.81 bits per heavy atom. The number of carbonyl (C=O) groups excluding carboxylic acids is 1. The van der Waals surface area contributed by atoms with Gasteiger partial charge in [-0.1, -0.05) is 0 Å². The molecule has 5 rings (SSSR count). The number of halogens is 2. The van der Waals surface area contributed by atoms with Gasteiger partial charge in [-0.15, -0.1) is 0 Å². The van der Waals surface area contributed by atoms with Crippen molar-refractivity contribution in [3.8, 4) is 5.75 Å². The lowest BCUT2D eigenvalue weighted by atomic mass is 9.82. The van der Waals surface area contributed by atoms with Crippen molar-refractivity contribution in [2.24, 2.45) is 13.0 Å². The quantitative estimate of drug-likeness (QED) is 0.596. The Morgan fingerprint density at radius 1 is 1.26 bits per heavy atom. The van der Waals surface area contributed by atoms with Gasteiger partial charge in [-0.25, -0.2) is 23.2 Å². The van der Waals surface area contributed by atoms with E-state index in [9.17, 15) is 18.4 Å². The number of hydrogen-bond donors (Lipinski definition) is 0. The molecule has 0 atom stereocenters. The van der Waals surface area contributed by atoms with Gasteiger partial charge in [0.1, 0.15) is 6.61 Å². The van der Waals surface area contributed by atoms with Gasteiger partial charge in [0.05, 0.1) is 6.54 Å². The number of aromatic nitrogens is 4. The Hall–Kier alpha value is -3.30. The first-order chi connectivity index (χ1) is 14.8. The van der Waals surface area contributed by atoms with Gasteiger partial charge < -0.3 is 9.64 Å². The average Bonchev–Trinajstić information content (AvgIpc) is 3.05. The van der Waals surface area contributed by atoms with E-state index in [-0.39, 0.29) is 37.2 Å². The highest BCUT2D eigenvalue weighted by Gasteiger charge is 2.38. The van der Waals surface area contributed by atoms with Crippen LogP contribution < -0.4 is 15.3 Å². The van der Waals surface area contributed by atoms with E-state index in [0.717, 1.165) is 5.69 Å². The summed E-state index contributed by atoms with van der Waals surface area (Å²) in [6.45, 7) is 0.931. The molecular formula is C21H21F2N5O3. The summed E-state index contributed by atoms with van der Waals surface area (Å²) in [5.74, 6) is -2.23. The first-order valence-corrected chi connectivity index (χ1v) is 10.2. The van der Waals surface area contributed by atoms with Crippen LogP contribution in [-0.2, 0) is 7.05 Å². The normalized spacial score (nSPS) is 18.6. The van der Waals surface area contributed by atoms with Crippen LogP contribution in [0.25, 0.3) is 5.65 Å². The van der Waals surface area contributed by atoms with Gasteiger partial charge in [-0.3, -0.25) is 9.20 Å². The minimum atomic E-state index is -2.67. The maximum atomic E-state index is 13.4. The van der Waals surface area contributed by atoms with Crippen LogP contribution in [0, 0.1) is 5.92 Å². The largest absolute Gasteiger partial charge is 0.488 e. The molecule has 0 N–H and O–H groups in total. The third-order valence-corrected chi connectivity index (χ3v) is 6.00. The molecule has 162 valence electrons. The van der Waals surface area contributed by atoms with Crippen LogP contribution in [0.2, 0.25) is 0 Å². The molecule has 1 aliphatic heterocycles. The fraction of sp³-hybridized carbons (Fsp3) is 0.429. The number of pyridine rings is 2. The Kier molecular flexibility index (Phi) is 4.53. The molecule has 0 aromatic carbocycles.